The first kappa shape index (κ1) is 21.9. The molecule has 1 saturated carbocycles. The maximum Gasteiger partial charge on any atom is 0.247 e. The Hall–Kier alpha value is -3.34. The number of nitrogens with one attached hydrogen (secondary N) is 2. The maximum atomic E-state index is 12.6. The zero-order valence-corrected chi connectivity index (χ0v) is 19.1. The molecule has 5 nitrogen and oxygen atoms in total. The van der Waals surface area contributed by atoms with Crippen LogP contribution in [0.4, 0.5) is 11.5 Å². The van der Waals surface area contributed by atoms with Gasteiger partial charge in [-0.2, -0.15) is 0 Å². The molecule has 4 rings (SSSR count). The Labute approximate surface area is 190 Å². The third-order valence-corrected chi connectivity index (χ3v) is 6.13. The minimum atomic E-state index is 0.0251. The van der Waals surface area contributed by atoms with Crippen molar-refractivity contribution in [1.82, 2.24) is 10.3 Å². The third kappa shape index (κ3) is 5.28. The van der Waals surface area contributed by atoms with Gasteiger partial charge in [0.2, 0.25) is 5.91 Å². The minimum Gasteiger partial charge on any atom is -0.377 e. The van der Waals surface area contributed by atoms with Crippen molar-refractivity contribution in [3.63, 3.8) is 0 Å². The summed E-state index contributed by atoms with van der Waals surface area (Å²) in [4.78, 5) is 19.6. The van der Waals surface area contributed by atoms with E-state index in [9.17, 15) is 4.79 Å². The molecule has 0 bridgehead atoms. The number of hydrogen-bond acceptors (Lipinski definition) is 4. The van der Waals surface area contributed by atoms with E-state index in [1.807, 2.05) is 49.4 Å². The predicted molar refractivity (Wildman–Crippen MR) is 134 cm³/mol. The topological polar surface area (TPSA) is 57.3 Å². The van der Waals surface area contributed by atoms with Crippen LogP contribution in [0.3, 0.4) is 0 Å². The molecular formula is C27H32N4O. The van der Waals surface area contributed by atoms with Crippen molar-refractivity contribution in [2.45, 2.75) is 44.7 Å². The molecule has 2 aromatic carbocycles. The van der Waals surface area contributed by atoms with Gasteiger partial charge in [0, 0.05) is 48.9 Å². The summed E-state index contributed by atoms with van der Waals surface area (Å²) in [5.41, 5.74) is 3.96. The predicted octanol–water partition coefficient (Wildman–Crippen LogP) is 5.24. The van der Waals surface area contributed by atoms with Crippen molar-refractivity contribution in [3.05, 3.63) is 71.8 Å². The van der Waals surface area contributed by atoms with Crippen LogP contribution in [0.25, 0.3) is 17.0 Å². The summed E-state index contributed by atoms with van der Waals surface area (Å²) in [5.74, 6) is 0.943. The molecule has 32 heavy (non-hydrogen) atoms. The number of anilines is 2. The Morgan fingerprint density at radius 1 is 0.969 bits per heavy atom. The summed E-state index contributed by atoms with van der Waals surface area (Å²) in [6.45, 7) is 1.88. The van der Waals surface area contributed by atoms with Crippen molar-refractivity contribution in [1.29, 1.82) is 0 Å². The average Bonchev–Trinajstić information content (AvgIpc) is 2.80. The second kappa shape index (κ2) is 9.86. The van der Waals surface area contributed by atoms with E-state index >= 15 is 0 Å². The van der Waals surface area contributed by atoms with E-state index in [0.717, 1.165) is 53.5 Å². The molecule has 0 unspecified atom stereocenters. The van der Waals surface area contributed by atoms with E-state index in [-0.39, 0.29) is 11.9 Å². The van der Waals surface area contributed by atoms with Crippen LogP contribution >= 0.6 is 0 Å². The molecule has 1 aromatic heterocycles. The molecule has 1 aliphatic carbocycles. The molecule has 0 radical (unpaired) electrons. The number of rotatable bonds is 6. The molecule has 1 fully saturated rings. The number of carbonyl (C=O) groups excluding carboxylic acids is 1. The fourth-order valence-corrected chi connectivity index (χ4v) is 4.36. The summed E-state index contributed by atoms with van der Waals surface area (Å²) in [5, 5.41) is 8.01. The Morgan fingerprint density at radius 2 is 1.62 bits per heavy atom. The monoisotopic (exact) mass is 428 g/mol. The summed E-state index contributed by atoms with van der Waals surface area (Å²) in [6.07, 6.45) is 5.90. The molecule has 1 heterocycles. The number of aromatic nitrogens is 1. The van der Waals surface area contributed by atoms with Crippen molar-refractivity contribution < 1.29 is 4.79 Å². The highest BCUT2D eigenvalue weighted by molar-refractivity contribution is 5.97. The Kier molecular flexibility index (Phi) is 6.74. The number of nitrogens with zero attached hydrogens (tertiary/aromatic N) is 2. The number of benzene rings is 2. The normalized spacial score (nSPS) is 18.9. The first-order valence-corrected chi connectivity index (χ1v) is 11.4. The highest BCUT2D eigenvalue weighted by Gasteiger charge is 2.23. The van der Waals surface area contributed by atoms with E-state index in [4.69, 9.17) is 4.98 Å². The van der Waals surface area contributed by atoms with Gasteiger partial charge in [0.05, 0.1) is 5.52 Å². The first-order chi connectivity index (χ1) is 15.5. The highest BCUT2D eigenvalue weighted by Crippen LogP contribution is 2.29. The Bertz CT molecular complexity index is 1100. The summed E-state index contributed by atoms with van der Waals surface area (Å²) in [7, 11) is 4.13. The minimum absolute atomic E-state index is 0.0251. The van der Waals surface area contributed by atoms with Gasteiger partial charge in [-0.1, -0.05) is 48.5 Å². The number of fused-ring (bicyclic) bond motifs is 1. The van der Waals surface area contributed by atoms with E-state index in [1.54, 1.807) is 0 Å². The zero-order valence-electron chi connectivity index (χ0n) is 19.1. The molecule has 2 N–H and O–H groups in total. The van der Waals surface area contributed by atoms with Gasteiger partial charge in [-0.3, -0.25) is 4.79 Å². The molecule has 0 spiro atoms. The lowest BCUT2D eigenvalue weighted by molar-refractivity contribution is -0.118. The summed E-state index contributed by atoms with van der Waals surface area (Å²) < 4.78 is 0. The van der Waals surface area contributed by atoms with Gasteiger partial charge in [0.1, 0.15) is 5.82 Å². The fourth-order valence-electron chi connectivity index (χ4n) is 4.36. The molecule has 0 aliphatic heterocycles. The Balaban J connectivity index is 1.34. The molecular weight excluding hydrogens is 396 g/mol. The number of hydrogen-bond donors (Lipinski definition) is 2. The molecule has 1 aliphatic rings. The number of amides is 1. The van der Waals surface area contributed by atoms with Gasteiger partial charge >= 0.3 is 0 Å². The number of para-hydroxylation sites is 1. The lowest BCUT2D eigenvalue weighted by Crippen LogP contribution is -2.40. The van der Waals surface area contributed by atoms with Gasteiger partial charge in [0.15, 0.2) is 0 Å². The smallest absolute Gasteiger partial charge is 0.247 e. The highest BCUT2D eigenvalue weighted by atomic mass is 16.1. The van der Waals surface area contributed by atoms with Crippen LogP contribution < -0.4 is 15.5 Å². The van der Waals surface area contributed by atoms with Crippen LogP contribution in [-0.2, 0) is 4.79 Å². The van der Waals surface area contributed by atoms with Crippen LogP contribution in [0, 0.1) is 0 Å². The first-order valence-electron chi connectivity index (χ1n) is 11.4. The van der Waals surface area contributed by atoms with Crippen LogP contribution in [-0.4, -0.2) is 37.1 Å². The maximum absolute atomic E-state index is 12.6. The fraction of sp³-hybridized carbons (Fsp3) is 0.333. The molecule has 3 aromatic rings. The van der Waals surface area contributed by atoms with E-state index in [0.29, 0.717) is 6.04 Å². The van der Waals surface area contributed by atoms with Crippen LogP contribution in [0.1, 0.15) is 38.2 Å². The lowest BCUT2D eigenvalue weighted by atomic mass is 9.91. The van der Waals surface area contributed by atoms with Crippen LogP contribution in [0.2, 0.25) is 0 Å². The van der Waals surface area contributed by atoms with Crippen molar-refractivity contribution in [2.24, 2.45) is 0 Å². The largest absolute Gasteiger partial charge is 0.377 e. The number of carbonyl (C=O) groups is 1. The van der Waals surface area contributed by atoms with Gasteiger partial charge in [-0.05, 0) is 50.3 Å². The second-order valence-electron chi connectivity index (χ2n) is 8.84. The summed E-state index contributed by atoms with van der Waals surface area (Å²) in [6, 6.07) is 20.9. The second-order valence-corrected chi connectivity index (χ2v) is 8.84. The van der Waals surface area contributed by atoms with Crippen molar-refractivity contribution in [2.75, 3.05) is 24.3 Å². The van der Waals surface area contributed by atoms with Gasteiger partial charge in [-0.25, -0.2) is 4.98 Å². The van der Waals surface area contributed by atoms with Crippen LogP contribution in [0.5, 0.6) is 0 Å². The van der Waals surface area contributed by atoms with Crippen molar-refractivity contribution >= 4 is 34.4 Å². The quantitative estimate of drug-likeness (QED) is 0.527. The SMILES string of the molecule is C/C(=C\c1ccccc1)C(=O)N[C@H]1CC[C@@H](Nc2cc(N(C)C)c3ccccc3n2)CC1. The average molecular weight is 429 g/mol. The zero-order chi connectivity index (χ0) is 22.5. The molecule has 0 atom stereocenters. The van der Waals surface area contributed by atoms with Crippen molar-refractivity contribution in [3.8, 4) is 0 Å². The summed E-state index contributed by atoms with van der Waals surface area (Å²) >= 11 is 0. The van der Waals surface area contributed by atoms with E-state index in [2.05, 4.69) is 53.9 Å². The van der Waals surface area contributed by atoms with E-state index < -0.39 is 0 Å². The Morgan fingerprint density at radius 3 is 2.34 bits per heavy atom. The lowest BCUT2D eigenvalue weighted by Gasteiger charge is -2.30. The molecule has 0 saturated heterocycles. The molecule has 1 amide bonds. The van der Waals surface area contributed by atoms with Gasteiger partial charge in [-0.15, -0.1) is 0 Å². The molecule has 5 heteroatoms. The third-order valence-electron chi connectivity index (χ3n) is 6.13. The van der Waals surface area contributed by atoms with Crippen LogP contribution in [0.15, 0.2) is 66.2 Å². The van der Waals surface area contributed by atoms with Gasteiger partial charge in [0.25, 0.3) is 0 Å². The van der Waals surface area contributed by atoms with E-state index in [1.165, 1.54) is 5.69 Å². The van der Waals surface area contributed by atoms with Gasteiger partial charge < -0.3 is 15.5 Å². The molecule has 166 valence electrons. The standard InChI is InChI=1S/C27H32N4O/c1-19(17-20-9-5-4-6-10-20)27(32)29-22-15-13-21(14-16-22)28-26-18-25(31(2)3)23-11-7-8-12-24(23)30-26/h4-12,17-18,21-22H,13-16H2,1-3H3,(H,28,30)(H,29,32)/b19-17+/t21-,22+. The number of pyridine rings is 1.